The van der Waals surface area contributed by atoms with Crippen molar-refractivity contribution in [3.8, 4) is 0 Å². The second-order valence-corrected chi connectivity index (χ2v) is 4.30. The van der Waals surface area contributed by atoms with E-state index < -0.39 is 5.60 Å². The molecule has 0 bridgehead atoms. The Morgan fingerprint density at radius 3 is 2.40 bits per heavy atom. The fourth-order valence-corrected chi connectivity index (χ4v) is 1.68. The number of aromatic nitrogens is 2. The molecular formula is C10H16N4O. The van der Waals surface area contributed by atoms with Crippen LogP contribution in [0, 0.1) is 0 Å². The molecule has 2 heterocycles. The van der Waals surface area contributed by atoms with Crippen LogP contribution in [0.1, 0.15) is 19.8 Å². The summed E-state index contributed by atoms with van der Waals surface area (Å²) in [6.45, 7) is 3.45. The van der Waals surface area contributed by atoms with Gasteiger partial charge in [-0.15, -0.1) is 0 Å². The van der Waals surface area contributed by atoms with E-state index in [1.807, 2.05) is 6.92 Å². The minimum atomic E-state index is -0.537. The first-order valence-electron chi connectivity index (χ1n) is 5.12. The summed E-state index contributed by atoms with van der Waals surface area (Å²) in [7, 11) is 0. The van der Waals surface area contributed by atoms with Crippen molar-refractivity contribution in [2.24, 2.45) is 0 Å². The molecule has 0 atom stereocenters. The zero-order chi connectivity index (χ0) is 10.9. The van der Waals surface area contributed by atoms with Crippen LogP contribution in [0.25, 0.3) is 0 Å². The summed E-state index contributed by atoms with van der Waals surface area (Å²) in [5, 5.41) is 9.80. The van der Waals surface area contributed by atoms with Gasteiger partial charge >= 0.3 is 0 Å². The molecule has 1 aliphatic rings. The Labute approximate surface area is 88.9 Å². The van der Waals surface area contributed by atoms with Gasteiger partial charge in [0, 0.05) is 13.1 Å². The maximum Gasteiger partial charge on any atom is 0.225 e. The van der Waals surface area contributed by atoms with Gasteiger partial charge in [0.15, 0.2) is 0 Å². The topological polar surface area (TPSA) is 75.3 Å². The van der Waals surface area contributed by atoms with Crippen LogP contribution < -0.4 is 10.6 Å². The molecule has 5 nitrogen and oxygen atoms in total. The Morgan fingerprint density at radius 2 is 1.87 bits per heavy atom. The molecule has 1 aliphatic heterocycles. The highest BCUT2D eigenvalue weighted by molar-refractivity contribution is 5.38. The number of nitrogen functional groups attached to an aromatic ring is 1. The maximum absolute atomic E-state index is 9.80. The minimum absolute atomic E-state index is 0.537. The molecule has 0 aromatic carbocycles. The molecule has 0 unspecified atom stereocenters. The van der Waals surface area contributed by atoms with E-state index in [1.165, 1.54) is 0 Å². The number of hydrogen-bond acceptors (Lipinski definition) is 5. The van der Waals surface area contributed by atoms with E-state index >= 15 is 0 Å². The number of piperidine rings is 1. The first kappa shape index (κ1) is 10.2. The molecule has 0 spiro atoms. The summed E-state index contributed by atoms with van der Waals surface area (Å²) < 4.78 is 0. The number of anilines is 2. The maximum atomic E-state index is 9.80. The lowest BCUT2D eigenvalue weighted by Gasteiger charge is -2.35. The van der Waals surface area contributed by atoms with Gasteiger partial charge in [-0.05, 0) is 19.8 Å². The Balaban J connectivity index is 2.04. The highest BCUT2D eigenvalue weighted by Gasteiger charge is 2.28. The summed E-state index contributed by atoms with van der Waals surface area (Å²) in [6.07, 6.45) is 4.71. The molecule has 1 aromatic heterocycles. The normalized spacial score (nSPS) is 20.3. The first-order valence-corrected chi connectivity index (χ1v) is 5.12. The van der Waals surface area contributed by atoms with Crippen molar-refractivity contribution < 1.29 is 5.11 Å². The van der Waals surface area contributed by atoms with Gasteiger partial charge in [0.1, 0.15) is 0 Å². The van der Waals surface area contributed by atoms with Crippen molar-refractivity contribution in [1.82, 2.24) is 9.97 Å². The van der Waals surface area contributed by atoms with Gasteiger partial charge in [-0.2, -0.15) is 0 Å². The fraction of sp³-hybridized carbons (Fsp3) is 0.600. The molecule has 1 fully saturated rings. The van der Waals surface area contributed by atoms with E-state index in [2.05, 4.69) is 14.9 Å². The van der Waals surface area contributed by atoms with Crippen molar-refractivity contribution in [1.29, 1.82) is 0 Å². The predicted octanol–water partition coefficient (Wildman–Crippen LogP) is 0.410. The standard InChI is InChI=1S/C10H16N4O/c1-10(15)2-4-14(5-3-10)9-12-6-8(11)7-13-9/h6-7,15H,2-5,11H2,1H3. The van der Waals surface area contributed by atoms with Crippen LogP contribution >= 0.6 is 0 Å². The van der Waals surface area contributed by atoms with Gasteiger partial charge in [0.25, 0.3) is 0 Å². The number of nitrogens with two attached hydrogens (primary N) is 1. The van der Waals surface area contributed by atoms with Crippen LogP contribution in [-0.4, -0.2) is 33.8 Å². The second kappa shape index (κ2) is 3.66. The number of hydrogen-bond donors (Lipinski definition) is 2. The Morgan fingerprint density at radius 1 is 1.33 bits per heavy atom. The van der Waals surface area contributed by atoms with Crippen LogP contribution in [0.4, 0.5) is 11.6 Å². The molecule has 15 heavy (non-hydrogen) atoms. The van der Waals surface area contributed by atoms with Crippen LogP contribution in [-0.2, 0) is 0 Å². The number of rotatable bonds is 1. The van der Waals surface area contributed by atoms with Gasteiger partial charge in [0.2, 0.25) is 5.95 Å². The average Bonchev–Trinajstić information content (AvgIpc) is 2.20. The highest BCUT2D eigenvalue weighted by Crippen LogP contribution is 2.23. The summed E-state index contributed by atoms with van der Waals surface area (Å²) in [6, 6.07) is 0. The van der Waals surface area contributed by atoms with E-state index in [-0.39, 0.29) is 0 Å². The van der Waals surface area contributed by atoms with Crippen LogP contribution in [0.3, 0.4) is 0 Å². The lowest BCUT2D eigenvalue weighted by atomic mass is 9.94. The fourth-order valence-electron chi connectivity index (χ4n) is 1.68. The van der Waals surface area contributed by atoms with E-state index in [1.54, 1.807) is 12.4 Å². The zero-order valence-electron chi connectivity index (χ0n) is 8.85. The van der Waals surface area contributed by atoms with Gasteiger partial charge in [-0.25, -0.2) is 9.97 Å². The quantitative estimate of drug-likeness (QED) is 0.699. The Kier molecular flexibility index (Phi) is 2.48. The summed E-state index contributed by atoms with van der Waals surface area (Å²) in [5.74, 6) is 0.694. The monoisotopic (exact) mass is 208 g/mol. The van der Waals surface area contributed by atoms with Crippen LogP contribution in [0.2, 0.25) is 0 Å². The molecule has 3 N–H and O–H groups in total. The molecular weight excluding hydrogens is 192 g/mol. The Hall–Kier alpha value is -1.36. The molecule has 5 heteroatoms. The number of aliphatic hydroxyl groups is 1. The summed E-state index contributed by atoms with van der Waals surface area (Å²) in [4.78, 5) is 10.4. The van der Waals surface area contributed by atoms with E-state index in [0.717, 1.165) is 25.9 Å². The number of nitrogens with zero attached hydrogens (tertiary/aromatic N) is 3. The van der Waals surface area contributed by atoms with Gasteiger partial charge in [-0.1, -0.05) is 0 Å². The largest absolute Gasteiger partial charge is 0.396 e. The van der Waals surface area contributed by atoms with Crippen molar-refractivity contribution in [3.63, 3.8) is 0 Å². The van der Waals surface area contributed by atoms with E-state index in [9.17, 15) is 5.11 Å². The van der Waals surface area contributed by atoms with Gasteiger partial charge in [-0.3, -0.25) is 0 Å². The lowest BCUT2D eigenvalue weighted by molar-refractivity contribution is 0.0349. The van der Waals surface area contributed by atoms with Crippen molar-refractivity contribution in [3.05, 3.63) is 12.4 Å². The third-order valence-corrected chi connectivity index (χ3v) is 2.78. The van der Waals surface area contributed by atoms with Crippen molar-refractivity contribution >= 4 is 11.6 Å². The van der Waals surface area contributed by atoms with E-state index in [0.29, 0.717) is 11.6 Å². The van der Waals surface area contributed by atoms with Crippen molar-refractivity contribution in [2.45, 2.75) is 25.4 Å². The molecule has 0 amide bonds. The molecule has 0 aliphatic carbocycles. The van der Waals surface area contributed by atoms with Crippen LogP contribution in [0.5, 0.6) is 0 Å². The second-order valence-electron chi connectivity index (χ2n) is 4.30. The van der Waals surface area contributed by atoms with Gasteiger partial charge in [0.05, 0.1) is 23.7 Å². The highest BCUT2D eigenvalue weighted by atomic mass is 16.3. The van der Waals surface area contributed by atoms with E-state index in [4.69, 9.17) is 5.73 Å². The molecule has 0 radical (unpaired) electrons. The SMILES string of the molecule is CC1(O)CCN(c2ncc(N)cn2)CC1. The first-order chi connectivity index (χ1) is 7.07. The van der Waals surface area contributed by atoms with Gasteiger partial charge < -0.3 is 15.7 Å². The summed E-state index contributed by atoms with van der Waals surface area (Å²) in [5.41, 5.74) is 5.55. The van der Waals surface area contributed by atoms with Crippen molar-refractivity contribution in [2.75, 3.05) is 23.7 Å². The molecule has 1 saturated heterocycles. The average molecular weight is 208 g/mol. The smallest absolute Gasteiger partial charge is 0.225 e. The Bertz CT molecular complexity index is 326. The lowest BCUT2D eigenvalue weighted by Crippen LogP contribution is -2.43. The zero-order valence-corrected chi connectivity index (χ0v) is 8.85. The van der Waals surface area contributed by atoms with Crippen LogP contribution in [0.15, 0.2) is 12.4 Å². The molecule has 2 rings (SSSR count). The molecule has 0 saturated carbocycles. The minimum Gasteiger partial charge on any atom is -0.396 e. The predicted molar refractivity (Wildman–Crippen MR) is 58.5 cm³/mol. The third-order valence-electron chi connectivity index (χ3n) is 2.78. The molecule has 1 aromatic rings. The molecule has 82 valence electrons. The third kappa shape index (κ3) is 2.36. The summed E-state index contributed by atoms with van der Waals surface area (Å²) >= 11 is 0.